The van der Waals surface area contributed by atoms with E-state index in [1.807, 2.05) is 29.2 Å². The molecular weight excluding hydrogens is 236 g/mol. The maximum atomic E-state index is 12.5. The minimum absolute atomic E-state index is 0.144. The van der Waals surface area contributed by atoms with Crippen LogP contribution in [0.3, 0.4) is 0 Å². The van der Waals surface area contributed by atoms with E-state index in [0.717, 1.165) is 49.9 Å². The van der Waals surface area contributed by atoms with Crippen LogP contribution >= 0.6 is 0 Å². The van der Waals surface area contributed by atoms with Crippen LogP contribution < -0.4 is 5.73 Å². The maximum Gasteiger partial charge on any atom is 0.253 e. The smallest absolute Gasteiger partial charge is 0.253 e. The van der Waals surface area contributed by atoms with Gasteiger partial charge in [0.25, 0.3) is 5.91 Å². The summed E-state index contributed by atoms with van der Waals surface area (Å²) in [4.78, 5) is 14.4. The van der Waals surface area contributed by atoms with Gasteiger partial charge >= 0.3 is 0 Å². The van der Waals surface area contributed by atoms with E-state index < -0.39 is 0 Å². The van der Waals surface area contributed by atoms with Crippen molar-refractivity contribution in [1.29, 1.82) is 0 Å². The molecule has 3 nitrogen and oxygen atoms in total. The Hall–Kier alpha value is -1.35. The van der Waals surface area contributed by atoms with Gasteiger partial charge in [0.2, 0.25) is 0 Å². The fourth-order valence-electron chi connectivity index (χ4n) is 1.98. The van der Waals surface area contributed by atoms with E-state index in [1.165, 1.54) is 0 Å². The first kappa shape index (κ1) is 15.7. The van der Waals surface area contributed by atoms with E-state index in [1.54, 1.807) is 0 Å². The molecule has 19 heavy (non-hydrogen) atoms. The third-order valence-electron chi connectivity index (χ3n) is 3.29. The van der Waals surface area contributed by atoms with E-state index in [4.69, 9.17) is 5.73 Å². The molecule has 0 aromatic heterocycles. The normalized spacial score (nSPS) is 10.5. The molecule has 0 spiro atoms. The largest absolute Gasteiger partial charge is 0.339 e. The minimum Gasteiger partial charge on any atom is -0.339 e. The van der Waals surface area contributed by atoms with Gasteiger partial charge in [-0.15, -0.1) is 0 Å². The monoisotopic (exact) mass is 262 g/mol. The highest BCUT2D eigenvalue weighted by atomic mass is 16.2. The molecule has 0 atom stereocenters. The number of carbonyl (C=O) groups is 1. The first-order valence-electron chi connectivity index (χ1n) is 7.31. The zero-order valence-electron chi connectivity index (χ0n) is 12.2. The van der Waals surface area contributed by atoms with Gasteiger partial charge in [0.1, 0.15) is 0 Å². The predicted molar refractivity (Wildman–Crippen MR) is 80.1 cm³/mol. The number of hydrogen-bond acceptors (Lipinski definition) is 2. The van der Waals surface area contributed by atoms with Crippen LogP contribution in [-0.2, 0) is 6.54 Å². The molecule has 1 aromatic rings. The van der Waals surface area contributed by atoms with Gasteiger partial charge in [0.15, 0.2) is 0 Å². The van der Waals surface area contributed by atoms with E-state index in [2.05, 4.69) is 13.8 Å². The molecule has 0 saturated heterocycles. The van der Waals surface area contributed by atoms with Crippen molar-refractivity contribution in [3.63, 3.8) is 0 Å². The Kier molecular flexibility index (Phi) is 7.19. The van der Waals surface area contributed by atoms with E-state index in [9.17, 15) is 4.79 Å². The van der Waals surface area contributed by atoms with Crippen LogP contribution in [0.5, 0.6) is 0 Å². The summed E-state index contributed by atoms with van der Waals surface area (Å²) in [6.45, 7) is 6.53. The average Bonchev–Trinajstić information content (AvgIpc) is 2.47. The third kappa shape index (κ3) is 5.03. The second-order valence-electron chi connectivity index (χ2n) is 4.90. The lowest BCUT2D eigenvalue weighted by Gasteiger charge is -2.22. The van der Waals surface area contributed by atoms with Crippen molar-refractivity contribution < 1.29 is 4.79 Å². The fourth-order valence-corrected chi connectivity index (χ4v) is 1.98. The van der Waals surface area contributed by atoms with Gasteiger partial charge in [-0.3, -0.25) is 4.79 Å². The molecule has 0 aliphatic carbocycles. The number of nitrogens with two attached hydrogens (primary N) is 1. The number of unbranched alkanes of at least 4 members (excludes halogenated alkanes) is 2. The van der Waals surface area contributed by atoms with Gasteiger partial charge in [-0.1, -0.05) is 38.8 Å². The summed E-state index contributed by atoms with van der Waals surface area (Å²) in [5.41, 5.74) is 7.40. The summed E-state index contributed by atoms with van der Waals surface area (Å²) in [5, 5.41) is 0. The average molecular weight is 262 g/mol. The van der Waals surface area contributed by atoms with Crippen LogP contribution in [-0.4, -0.2) is 23.9 Å². The Morgan fingerprint density at radius 2 is 1.58 bits per heavy atom. The molecule has 0 radical (unpaired) electrons. The fraction of sp³-hybridized carbons (Fsp3) is 0.562. The van der Waals surface area contributed by atoms with E-state index in [0.29, 0.717) is 6.54 Å². The van der Waals surface area contributed by atoms with Gasteiger partial charge in [0.05, 0.1) is 0 Å². The third-order valence-corrected chi connectivity index (χ3v) is 3.29. The molecule has 1 rings (SSSR count). The van der Waals surface area contributed by atoms with Crippen LogP contribution in [0, 0.1) is 0 Å². The highest BCUT2D eigenvalue weighted by Crippen LogP contribution is 2.09. The molecule has 3 heteroatoms. The molecule has 0 saturated carbocycles. The molecule has 2 N–H and O–H groups in total. The molecule has 1 aromatic carbocycles. The van der Waals surface area contributed by atoms with Crippen LogP contribution in [0.15, 0.2) is 24.3 Å². The Balaban J connectivity index is 2.72. The maximum absolute atomic E-state index is 12.5. The predicted octanol–water partition coefficient (Wildman–Crippen LogP) is 3.19. The van der Waals surface area contributed by atoms with Gasteiger partial charge < -0.3 is 10.6 Å². The van der Waals surface area contributed by atoms with Crippen molar-refractivity contribution in [2.45, 2.75) is 46.1 Å². The molecule has 0 aliphatic rings. The molecule has 106 valence electrons. The number of nitrogens with zero attached hydrogens (tertiary/aromatic N) is 1. The van der Waals surface area contributed by atoms with Crippen LogP contribution in [0.4, 0.5) is 0 Å². The van der Waals surface area contributed by atoms with Crippen molar-refractivity contribution in [3.8, 4) is 0 Å². The van der Waals surface area contributed by atoms with Crippen molar-refractivity contribution in [1.82, 2.24) is 4.90 Å². The van der Waals surface area contributed by atoms with Crippen molar-refractivity contribution in [2.75, 3.05) is 13.1 Å². The standard InChI is InChI=1S/C16H26N2O/c1-3-5-11-18(12-6-4-2)16(19)15-9-7-14(13-17)8-10-15/h7-10H,3-6,11-13,17H2,1-2H3. The molecular formula is C16H26N2O. The summed E-state index contributed by atoms with van der Waals surface area (Å²) >= 11 is 0. The van der Waals surface area contributed by atoms with Gasteiger partial charge in [-0.2, -0.15) is 0 Å². The number of rotatable bonds is 8. The highest BCUT2D eigenvalue weighted by Gasteiger charge is 2.14. The Bertz CT molecular complexity index is 365. The Labute approximate surface area is 116 Å². The van der Waals surface area contributed by atoms with Crippen LogP contribution in [0.1, 0.15) is 55.5 Å². The van der Waals surface area contributed by atoms with Gasteiger partial charge in [-0.25, -0.2) is 0 Å². The summed E-state index contributed by atoms with van der Waals surface area (Å²) in [6.07, 6.45) is 4.36. The van der Waals surface area contributed by atoms with Crippen molar-refractivity contribution >= 4 is 5.91 Å². The Morgan fingerprint density at radius 1 is 1.05 bits per heavy atom. The molecule has 1 amide bonds. The summed E-state index contributed by atoms with van der Waals surface area (Å²) in [5.74, 6) is 0.144. The quantitative estimate of drug-likeness (QED) is 0.782. The van der Waals surface area contributed by atoms with Crippen LogP contribution in [0.2, 0.25) is 0 Å². The van der Waals surface area contributed by atoms with Crippen molar-refractivity contribution in [2.24, 2.45) is 5.73 Å². The second kappa shape index (κ2) is 8.70. The summed E-state index contributed by atoms with van der Waals surface area (Å²) in [6, 6.07) is 7.64. The first-order chi connectivity index (χ1) is 9.22. The van der Waals surface area contributed by atoms with E-state index >= 15 is 0 Å². The first-order valence-corrected chi connectivity index (χ1v) is 7.31. The molecule has 0 heterocycles. The van der Waals surface area contributed by atoms with Crippen molar-refractivity contribution in [3.05, 3.63) is 35.4 Å². The lowest BCUT2D eigenvalue weighted by atomic mass is 10.1. The molecule has 0 fully saturated rings. The highest BCUT2D eigenvalue weighted by molar-refractivity contribution is 5.94. The summed E-state index contributed by atoms with van der Waals surface area (Å²) in [7, 11) is 0. The Morgan fingerprint density at radius 3 is 2.00 bits per heavy atom. The lowest BCUT2D eigenvalue weighted by Crippen LogP contribution is -2.32. The second-order valence-corrected chi connectivity index (χ2v) is 4.90. The zero-order chi connectivity index (χ0) is 14.1. The minimum atomic E-state index is 0.144. The number of amides is 1. The molecule has 0 bridgehead atoms. The zero-order valence-corrected chi connectivity index (χ0v) is 12.2. The lowest BCUT2D eigenvalue weighted by molar-refractivity contribution is 0.0751. The van der Waals surface area contributed by atoms with Gasteiger partial charge in [-0.05, 0) is 30.5 Å². The van der Waals surface area contributed by atoms with Crippen LogP contribution in [0.25, 0.3) is 0 Å². The number of benzene rings is 1. The molecule has 0 unspecified atom stereocenters. The molecule has 0 aliphatic heterocycles. The number of hydrogen-bond donors (Lipinski definition) is 1. The number of carbonyl (C=O) groups excluding carboxylic acids is 1. The topological polar surface area (TPSA) is 46.3 Å². The van der Waals surface area contributed by atoms with Gasteiger partial charge in [0, 0.05) is 25.2 Å². The SMILES string of the molecule is CCCCN(CCCC)C(=O)c1ccc(CN)cc1. The van der Waals surface area contributed by atoms with E-state index in [-0.39, 0.29) is 5.91 Å². The summed E-state index contributed by atoms with van der Waals surface area (Å²) < 4.78 is 0.